The van der Waals surface area contributed by atoms with E-state index in [4.69, 9.17) is 15.6 Å². The van der Waals surface area contributed by atoms with Gasteiger partial charge in [0.25, 0.3) is 11.8 Å². The Morgan fingerprint density at radius 1 is 0.889 bits per heavy atom. The maximum absolute atomic E-state index is 15.6. The highest BCUT2D eigenvalue weighted by Gasteiger charge is 2.45. The number of piperidine rings is 2. The van der Waals surface area contributed by atoms with Crippen LogP contribution in [0, 0.1) is 5.82 Å². The Morgan fingerprint density at radius 3 is 2.39 bits per heavy atom. The summed E-state index contributed by atoms with van der Waals surface area (Å²) in [7, 11) is 0. The number of aromatic nitrogens is 4. The molecule has 14 nitrogen and oxygen atoms in total. The van der Waals surface area contributed by atoms with Crippen molar-refractivity contribution in [3.05, 3.63) is 95.6 Å². The molecule has 3 fully saturated rings. The fraction of sp³-hybridized carbons (Fsp3) is 0.308. The summed E-state index contributed by atoms with van der Waals surface area (Å²) in [4.78, 5) is 65.0. The number of halogens is 1. The Hall–Kier alpha value is -6.06. The number of rotatable bonds is 8. The molecule has 15 heteroatoms. The summed E-state index contributed by atoms with van der Waals surface area (Å²) in [6, 6.07) is 18.7. The van der Waals surface area contributed by atoms with E-state index in [1.807, 2.05) is 59.3 Å². The van der Waals surface area contributed by atoms with Crippen LogP contribution in [0.25, 0.3) is 22.3 Å². The molecule has 4 aliphatic rings. The van der Waals surface area contributed by atoms with E-state index in [-0.39, 0.29) is 42.7 Å². The third-order valence-electron chi connectivity index (χ3n) is 10.9. The molecule has 4 aliphatic heterocycles. The summed E-state index contributed by atoms with van der Waals surface area (Å²) in [5.41, 5.74) is 8.93. The Labute approximate surface area is 308 Å². The molecule has 0 aliphatic carbocycles. The van der Waals surface area contributed by atoms with Gasteiger partial charge < -0.3 is 10.5 Å². The number of nitrogens with zero attached hydrogens (tertiary/aromatic N) is 7. The first kappa shape index (κ1) is 33.8. The lowest BCUT2D eigenvalue weighted by molar-refractivity contribution is -0.136. The van der Waals surface area contributed by atoms with Gasteiger partial charge in [0.15, 0.2) is 5.65 Å². The van der Waals surface area contributed by atoms with Crippen LogP contribution >= 0.6 is 0 Å². The van der Waals surface area contributed by atoms with E-state index in [0.717, 1.165) is 54.6 Å². The van der Waals surface area contributed by atoms with Crippen LogP contribution in [-0.2, 0) is 16.1 Å². The van der Waals surface area contributed by atoms with Gasteiger partial charge in [0.2, 0.25) is 11.8 Å². The van der Waals surface area contributed by atoms with Gasteiger partial charge >= 0.3 is 0 Å². The standard InChI is InChI=1S/C39H36FN9O5/c40-29-18-28-27(38(52)48(39(28)53)30-12-13-31(50)44-37(30)51)17-23(29)19-47-16-14-32(47)46-15-4-5-24(20-46)49-36-33(35(41)42-21-43-36)34(45-49)22-8-10-26(11-9-22)54-25-6-2-1-3-7-25/h1-3,6-11,17-18,21,24,30,32H,4-5,12-16,19-20H2,(H2,41,42,43)(H,44,50,51). The van der Waals surface area contributed by atoms with Crippen molar-refractivity contribution in [1.29, 1.82) is 0 Å². The van der Waals surface area contributed by atoms with E-state index >= 15 is 4.39 Å². The van der Waals surface area contributed by atoms with Crippen LogP contribution in [-0.4, -0.2) is 89.9 Å². The van der Waals surface area contributed by atoms with E-state index in [1.54, 1.807) is 0 Å². The lowest BCUT2D eigenvalue weighted by Crippen LogP contribution is -2.59. The average Bonchev–Trinajstić information content (AvgIpc) is 3.66. The zero-order valence-corrected chi connectivity index (χ0v) is 29.2. The minimum atomic E-state index is -1.11. The number of ether oxygens (including phenoxy) is 1. The number of benzene rings is 3. The van der Waals surface area contributed by atoms with Crippen LogP contribution in [0.1, 0.15) is 64.4 Å². The number of nitrogens with two attached hydrogens (primary N) is 1. The molecule has 3 saturated heterocycles. The van der Waals surface area contributed by atoms with E-state index in [2.05, 4.69) is 25.1 Å². The highest BCUT2D eigenvalue weighted by Crippen LogP contribution is 2.37. The third kappa shape index (κ3) is 5.85. The van der Waals surface area contributed by atoms with E-state index in [0.29, 0.717) is 40.4 Å². The summed E-state index contributed by atoms with van der Waals surface area (Å²) in [5, 5.41) is 7.96. The van der Waals surface area contributed by atoms with Gasteiger partial charge in [0.05, 0.1) is 28.7 Å². The van der Waals surface area contributed by atoms with Crippen molar-refractivity contribution in [2.75, 3.05) is 25.4 Å². The van der Waals surface area contributed by atoms with Gasteiger partial charge in [-0.25, -0.2) is 19.0 Å². The largest absolute Gasteiger partial charge is 0.457 e. The fourth-order valence-electron chi connectivity index (χ4n) is 8.11. The van der Waals surface area contributed by atoms with Crippen molar-refractivity contribution in [2.24, 2.45) is 0 Å². The lowest BCUT2D eigenvalue weighted by atomic mass is 9.99. The number of anilines is 1. The SMILES string of the molecule is Nc1ncnc2c1c(-c1ccc(Oc3ccccc3)cc1)nn2C1CCCN(C2CCN2Cc2cc3c(cc2F)C(=O)N(C2CCC(=O)NC2=O)C3=O)C1. The Balaban J connectivity index is 0.921. The van der Waals surface area contributed by atoms with Gasteiger partial charge in [-0.05, 0) is 80.8 Å². The van der Waals surface area contributed by atoms with Crippen molar-refractivity contribution in [3.8, 4) is 22.8 Å². The highest BCUT2D eigenvalue weighted by molar-refractivity contribution is 6.23. The van der Waals surface area contributed by atoms with E-state index < -0.39 is 35.5 Å². The number of carbonyl (C=O) groups is 4. The Morgan fingerprint density at radius 2 is 1.65 bits per heavy atom. The molecule has 54 heavy (non-hydrogen) atoms. The molecule has 0 radical (unpaired) electrons. The van der Waals surface area contributed by atoms with E-state index in [9.17, 15) is 19.2 Å². The fourth-order valence-corrected chi connectivity index (χ4v) is 8.11. The number of nitrogen functional groups attached to an aromatic ring is 1. The van der Waals surface area contributed by atoms with Gasteiger partial charge in [-0.2, -0.15) is 5.10 Å². The molecular formula is C39H36FN9O5. The van der Waals surface area contributed by atoms with Crippen LogP contribution in [0.2, 0.25) is 0 Å². The number of amides is 4. The first-order chi connectivity index (χ1) is 26.2. The molecule has 0 bridgehead atoms. The summed E-state index contributed by atoms with van der Waals surface area (Å²) < 4.78 is 23.5. The molecule has 0 saturated carbocycles. The topological polar surface area (TPSA) is 169 Å². The molecule has 3 N–H and O–H groups in total. The van der Waals surface area contributed by atoms with Gasteiger partial charge in [0, 0.05) is 37.2 Å². The van der Waals surface area contributed by atoms with Crippen LogP contribution in [0.4, 0.5) is 10.2 Å². The molecule has 3 atom stereocenters. The number of likely N-dealkylation sites (tertiary alicyclic amines) is 2. The van der Waals surface area contributed by atoms with Crippen molar-refractivity contribution in [2.45, 2.75) is 56.9 Å². The zero-order chi connectivity index (χ0) is 37.1. The monoisotopic (exact) mass is 729 g/mol. The van der Waals surface area contributed by atoms with Gasteiger partial charge in [-0.3, -0.25) is 39.2 Å². The van der Waals surface area contributed by atoms with Gasteiger partial charge in [0.1, 0.15) is 41.2 Å². The summed E-state index contributed by atoms with van der Waals surface area (Å²) in [5.74, 6) is -1.35. The first-order valence-corrected chi connectivity index (χ1v) is 18.1. The summed E-state index contributed by atoms with van der Waals surface area (Å²) >= 11 is 0. The number of hydrogen-bond donors (Lipinski definition) is 2. The second kappa shape index (κ2) is 13.4. The van der Waals surface area contributed by atoms with Crippen LogP contribution < -0.4 is 15.8 Å². The number of hydrogen-bond acceptors (Lipinski definition) is 11. The molecule has 0 spiro atoms. The molecule has 3 unspecified atom stereocenters. The third-order valence-corrected chi connectivity index (χ3v) is 10.9. The lowest BCUT2D eigenvalue weighted by Gasteiger charge is -2.50. The number of nitrogens with one attached hydrogen (secondary N) is 1. The Kier molecular flexibility index (Phi) is 8.38. The number of fused-ring (bicyclic) bond motifs is 2. The molecule has 3 aromatic carbocycles. The van der Waals surface area contributed by atoms with Crippen molar-refractivity contribution in [1.82, 2.24) is 39.8 Å². The second-order valence-corrected chi connectivity index (χ2v) is 14.2. The number of para-hydroxylation sites is 1. The molecule has 4 amide bonds. The minimum Gasteiger partial charge on any atom is -0.457 e. The molecule has 2 aromatic heterocycles. The van der Waals surface area contributed by atoms with Crippen LogP contribution in [0.3, 0.4) is 0 Å². The highest BCUT2D eigenvalue weighted by atomic mass is 19.1. The average molecular weight is 730 g/mol. The summed E-state index contributed by atoms with van der Waals surface area (Å²) in [6.07, 6.45) is 4.22. The van der Waals surface area contributed by atoms with Crippen molar-refractivity contribution < 1.29 is 28.3 Å². The first-order valence-electron chi connectivity index (χ1n) is 18.1. The predicted molar refractivity (Wildman–Crippen MR) is 193 cm³/mol. The minimum absolute atomic E-state index is 0.00827. The van der Waals surface area contributed by atoms with Crippen LogP contribution in [0.5, 0.6) is 11.5 Å². The van der Waals surface area contributed by atoms with Gasteiger partial charge in [-0.15, -0.1) is 0 Å². The number of imide groups is 2. The second-order valence-electron chi connectivity index (χ2n) is 14.2. The molecule has 274 valence electrons. The number of carbonyl (C=O) groups excluding carboxylic acids is 4. The van der Waals surface area contributed by atoms with Gasteiger partial charge in [-0.1, -0.05) is 18.2 Å². The van der Waals surface area contributed by atoms with Crippen LogP contribution in [0.15, 0.2) is 73.1 Å². The van der Waals surface area contributed by atoms with Crippen molar-refractivity contribution in [3.63, 3.8) is 0 Å². The zero-order valence-electron chi connectivity index (χ0n) is 29.2. The smallest absolute Gasteiger partial charge is 0.262 e. The maximum Gasteiger partial charge on any atom is 0.262 e. The predicted octanol–water partition coefficient (Wildman–Crippen LogP) is 4.28. The van der Waals surface area contributed by atoms with E-state index in [1.165, 1.54) is 12.4 Å². The van der Waals surface area contributed by atoms with Crippen molar-refractivity contribution >= 4 is 40.5 Å². The molecular weight excluding hydrogens is 693 g/mol. The summed E-state index contributed by atoms with van der Waals surface area (Å²) in [6.45, 7) is 2.52. The quantitative estimate of drug-likeness (QED) is 0.219. The maximum atomic E-state index is 15.6. The molecule has 9 rings (SSSR count). The Bertz CT molecular complexity index is 2330. The molecule has 5 aromatic rings. The normalized spacial score (nSPS) is 22.0. The molecule has 6 heterocycles.